The van der Waals surface area contributed by atoms with Crippen LogP contribution in [0.25, 0.3) is 0 Å². The van der Waals surface area contributed by atoms with Gasteiger partial charge in [0.15, 0.2) is 0 Å². The van der Waals surface area contributed by atoms with E-state index in [1.165, 1.54) is 18.3 Å². The van der Waals surface area contributed by atoms with E-state index in [0.29, 0.717) is 0 Å². The number of nitrogens with zero attached hydrogens (tertiary/aromatic N) is 3. The molecule has 0 saturated heterocycles. The van der Waals surface area contributed by atoms with Crippen molar-refractivity contribution in [2.24, 2.45) is 0 Å². The Morgan fingerprint density at radius 2 is 1.93 bits per heavy atom. The van der Waals surface area contributed by atoms with E-state index in [4.69, 9.17) is 11.6 Å². The third-order valence-electron chi connectivity index (χ3n) is 1.43. The summed E-state index contributed by atoms with van der Waals surface area (Å²) in [4.78, 5) is 22.1. The highest BCUT2D eigenvalue weighted by molar-refractivity contribution is 6.31. The second kappa shape index (κ2) is 3.97. The lowest BCUT2D eigenvalue weighted by molar-refractivity contribution is -0.753. The van der Waals surface area contributed by atoms with Crippen LogP contribution in [-0.4, -0.2) is 14.8 Å². The van der Waals surface area contributed by atoms with E-state index in [9.17, 15) is 20.2 Å². The maximum Gasteiger partial charge on any atom is 0.494 e. The molecule has 8 heteroatoms. The fourth-order valence-corrected chi connectivity index (χ4v) is 1.08. The van der Waals surface area contributed by atoms with Crippen LogP contribution in [0.15, 0.2) is 18.3 Å². The molecule has 0 aliphatic carbocycles. The van der Waals surface area contributed by atoms with E-state index in [-0.39, 0.29) is 10.7 Å². The second-order valence-electron chi connectivity index (χ2n) is 2.31. The number of aromatic nitrogens is 1. The summed E-state index contributed by atoms with van der Waals surface area (Å²) in [5.74, 6) is 0. The van der Waals surface area contributed by atoms with Crippen molar-refractivity contribution in [1.29, 1.82) is 0 Å². The molecule has 1 aromatic heterocycles. The van der Waals surface area contributed by atoms with Gasteiger partial charge in [-0.1, -0.05) is 11.6 Å². The minimum Gasteiger partial charge on any atom is -0.258 e. The molecule has 1 aromatic rings. The quantitative estimate of drug-likeness (QED) is 0.431. The molecule has 74 valence electrons. The highest BCUT2D eigenvalue weighted by Crippen LogP contribution is 2.22. The molecular formula is C6H4ClN3O4. The molecule has 0 unspecified atom stereocenters. The molecule has 0 aromatic carbocycles. The third-order valence-corrected chi connectivity index (χ3v) is 1.75. The summed E-state index contributed by atoms with van der Waals surface area (Å²) in [6.45, 7) is 0. The average molecular weight is 218 g/mol. The zero-order valence-corrected chi connectivity index (χ0v) is 7.42. The first-order valence-corrected chi connectivity index (χ1v) is 3.79. The predicted molar refractivity (Wildman–Crippen MR) is 46.0 cm³/mol. The lowest BCUT2D eigenvalue weighted by Gasteiger charge is -2.01. The Hall–Kier alpha value is -1.76. The standard InChI is InChI=1S/C6H4ClN3O4/c7-4-2-1-3-8-5(4)6(9(11)12)10(13)14/h1-3,6H. The van der Waals surface area contributed by atoms with Crippen molar-refractivity contribution in [1.82, 2.24) is 4.98 Å². The number of halogens is 1. The first-order valence-electron chi connectivity index (χ1n) is 3.41. The minimum absolute atomic E-state index is 0.0918. The molecular weight excluding hydrogens is 214 g/mol. The summed E-state index contributed by atoms with van der Waals surface area (Å²) in [5, 5.41) is 20.6. The van der Waals surface area contributed by atoms with E-state index < -0.39 is 16.0 Å². The zero-order valence-electron chi connectivity index (χ0n) is 6.66. The molecule has 0 fully saturated rings. The van der Waals surface area contributed by atoms with Gasteiger partial charge in [0.1, 0.15) is 9.85 Å². The summed E-state index contributed by atoms with van der Waals surface area (Å²) >= 11 is 5.54. The number of rotatable bonds is 3. The van der Waals surface area contributed by atoms with Crippen LogP contribution in [0.4, 0.5) is 0 Å². The Kier molecular flexibility index (Phi) is 2.92. The SMILES string of the molecule is O=[N+]([O-])C(c1ncccc1Cl)[N+](=O)[O-]. The van der Waals surface area contributed by atoms with E-state index in [1.54, 1.807) is 0 Å². The first kappa shape index (κ1) is 10.3. The predicted octanol–water partition coefficient (Wildman–Crippen LogP) is 1.29. The van der Waals surface area contributed by atoms with E-state index in [0.717, 1.165) is 0 Å². The molecule has 0 aliphatic heterocycles. The van der Waals surface area contributed by atoms with Crippen molar-refractivity contribution in [3.8, 4) is 0 Å². The number of hydrogen-bond donors (Lipinski definition) is 0. The summed E-state index contributed by atoms with van der Waals surface area (Å²) in [7, 11) is 0. The molecule has 14 heavy (non-hydrogen) atoms. The fourth-order valence-electron chi connectivity index (χ4n) is 0.865. The molecule has 0 amide bonds. The normalized spacial score (nSPS) is 10.1. The van der Waals surface area contributed by atoms with Gasteiger partial charge in [-0.3, -0.25) is 20.2 Å². The Bertz CT molecular complexity index is 369. The lowest BCUT2D eigenvalue weighted by atomic mass is 10.3. The molecule has 1 heterocycles. The van der Waals surface area contributed by atoms with Gasteiger partial charge in [-0.15, -0.1) is 0 Å². The third kappa shape index (κ3) is 1.94. The van der Waals surface area contributed by atoms with E-state index in [1.807, 2.05) is 0 Å². The van der Waals surface area contributed by atoms with Crippen molar-refractivity contribution in [2.75, 3.05) is 0 Å². The Morgan fingerprint density at radius 1 is 1.36 bits per heavy atom. The molecule has 7 nitrogen and oxygen atoms in total. The van der Waals surface area contributed by atoms with Crippen LogP contribution < -0.4 is 0 Å². The monoisotopic (exact) mass is 217 g/mol. The van der Waals surface area contributed by atoms with Gasteiger partial charge in [0.25, 0.3) is 0 Å². The molecule has 1 rings (SSSR count). The van der Waals surface area contributed by atoms with Gasteiger partial charge < -0.3 is 0 Å². The highest BCUT2D eigenvalue weighted by atomic mass is 35.5. The Morgan fingerprint density at radius 3 is 2.36 bits per heavy atom. The van der Waals surface area contributed by atoms with Crippen LogP contribution >= 0.6 is 11.6 Å². The lowest BCUT2D eigenvalue weighted by Crippen LogP contribution is -2.21. The molecule has 0 radical (unpaired) electrons. The van der Waals surface area contributed by atoms with Gasteiger partial charge in [-0.25, -0.2) is 4.98 Å². The van der Waals surface area contributed by atoms with Crippen molar-refractivity contribution in [2.45, 2.75) is 6.17 Å². The molecule has 0 aliphatic rings. The Labute approximate surface area is 82.6 Å². The number of hydrogen-bond acceptors (Lipinski definition) is 5. The van der Waals surface area contributed by atoms with E-state index >= 15 is 0 Å². The highest BCUT2D eigenvalue weighted by Gasteiger charge is 2.38. The van der Waals surface area contributed by atoms with E-state index in [2.05, 4.69) is 4.98 Å². The van der Waals surface area contributed by atoms with Crippen LogP contribution in [0.3, 0.4) is 0 Å². The van der Waals surface area contributed by atoms with Crippen LogP contribution in [0.5, 0.6) is 0 Å². The van der Waals surface area contributed by atoms with Gasteiger partial charge in [-0.2, -0.15) is 0 Å². The van der Waals surface area contributed by atoms with Crippen molar-refractivity contribution in [3.63, 3.8) is 0 Å². The maximum absolute atomic E-state index is 10.4. The molecule has 0 saturated carbocycles. The van der Waals surface area contributed by atoms with Gasteiger partial charge in [0.05, 0.1) is 5.02 Å². The van der Waals surface area contributed by atoms with Crippen LogP contribution in [0, 0.1) is 20.2 Å². The Balaban J connectivity index is 3.18. The largest absolute Gasteiger partial charge is 0.494 e. The topological polar surface area (TPSA) is 99.2 Å². The van der Waals surface area contributed by atoms with Crippen molar-refractivity contribution >= 4 is 11.6 Å². The zero-order chi connectivity index (χ0) is 10.7. The van der Waals surface area contributed by atoms with Crippen molar-refractivity contribution in [3.05, 3.63) is 49.3 Å². The molecule has 0 atom stereocenters. The van der Waals surface area contributed by atoms with Gasteiger partial charge in [0.2, 0.25) is 5.69 Å². The smallest absolute Gasteiger partial charge is 0.258 e. The fraction of sp³-hybridized carbons (Fsp3) is 0.167. The molecule has 0 bridgehead atoms. The first-order chi connectivity index (χ1) is 6.54. The van der Waals surface area contributed by atoms with Gasteiger partial charge in [-0.05, 0) is 12.1 Å². The van der Waals surface area contributed by atoms with Crippen LogP contribution in [0.2, 0.25) is 5.02 Å². The second-order valence-corrected chi connectivity index (χ2v) is 2.72. The summed E-state index contributed by atoms with van der Waals surface area (Å²) in [6, 6.07) is 2.74. The summed E-state index contributed by atoms with van der Waals surface area (Å²) < 4.78 is 0. The van der Waals surface area contributed by atoms with Gasteiger partial charge >= 0.3 is 6.17 Å². The maximum atomic E-state index is 10.4. The summed E-state index contributed by atoms with van der Waals surface area (Å²) in [5.41, 5.74) is -0.357. The minimum atomic E-state index is -2.11. The van der Waals surface area contributed by atoms with Crippen LogP contribution in [0.1, 0.15) is 11.9 Å². The average Bonchev–Trinajstić information content (AvgIpc) is 2.07. The van der Waals surface area contributed by atoms with Crippen molar-refractivity contribution < 1.29 is 9.85 Å². The number of pyridine rings is 1. The molecule has 0 spiro atoms. The number of nitro groups is 2. The molecule has 0 N–H and O–H groups in total. The van der Waals surface area contributed by atoms with Crippen LogP contribution in [-0.2, 0) is 0 Å². The van der Waals surface area contributed by atoms with Gasteiger partial charge in [0, 0.05) is 6.20 Å². The summed E-state index contributed by atoms with van der Waals surface area (Å²) in [6.07, 6.45) is -0.898.